The van der Waals surface area contributed by atoms with Gasteiger partial charge in [0.25, 0.3) is 0 Å². The predicted molar refractivity (Wildman–Crippen MR) is 297 cm³/mol. The average molecular weight is 947 g/mol. The lowest BCUT2D eigenvalue weighted by Gasteiger charge is -2.18. The first-order valence-corrected chi connectivity index (χ1v) is 26.6. The molecule has 0 saturated heterocycles. The summed E-state index contributed by atoms with van der Waals surface area (Å²) in [5, 5.41) is 0. The SMILES string of the molecule is CC/C=C\C/C=C\C/C=C\C/C=C\C/C=C\C/C=C\CCC(=O)OC[C@@H](COC(=O)CCCC/C=C\C/C=C\C/C=C\CCCCC)OC(=O)CCC/C=C\C/C=C\C/C=C\C/C=C\C/C=C\CC. The van der Waals surface area contributed by atoms with Crippen molar-refractivity contribution in [3.05, 3.63) is 170 Å². The van der Waals surface area contributed by atoms with Gasteiger partial charge in [-0.25, -0.2) is 0 Å². The second kappa shape index (κ2) is 55.4. The standard InChI is InChI=1S/C63H94O6/c1-4-7-10-13-16-19-22-25-28-30-31-33-35-38-41-44-47-50-53-56-62(65)68-59-60(58-67-61(64)55-52-49-46-43-40-37-34-27-24-21-18-15-12-9-6-3)69-63(66)57-54-51-48-45-42-39-36-32-29-26-23-20-17-14-11-8-5-2/h7-8,10-11,16-21,25-29,31,33-34,36,38-41,43,45,47-48,50,60H,4-6,9,12-15,22-24,30,32,35,37,42,44,46,49,51-59H2,1-3H3/b10-7-,11-8-,19-16-,20-17-,21-18-,28-25-,29-26-,33-31-,34-27-,39-36-,41-38-,43-40-,48-45-,50-47-/t60-/m1/s1. The molecule has 0 aliphatic carbocycles. The highest BCUT2D eigenvalue weighted by Gasteiger charge is 2.19. The lowest BCUT2D eigenvalue weighted by atomic mass is 10.1. The van der Waals surface area contributed by atoms with Crippen LogP contribution in [-0.4, -0.2) is 37.2 Å². The van der Waals surface area contributed by atoms with Crippen LogP contribution >= 0.6 is 0 Å². The van der Waals surface area contributed by atoms with Gasteiger partial charge < -0.3 is 14.2 Å². The minimum absolute atomic E-state index is 0.153. The molecule has 0 rings (SSSR count). The normalized spacial score (nSPS) is 13.5. The van der Waals surface area contributed by atoms with Crippen molar-refractivity contribution in [2.75, 3.05) is 13.2 Å². The van der Waals surface area contributed by atoms with Crippen LogP contribution in [0, 0.1) is 0 Å². The molecule has 6 heteroatoms. The number of ether oxygens (including phenoxy) is 3. The van der Waals surface area contributed by atoms with E-state index in [1.807, 2.05) is 12.2 Å². The summed E-state index contributed by atoms with van der Waals surface area (Å²) in [6.07, 6.45) is 82.1. The highest BCUT2D eigenvalue weighted by Crippen LogP contribution is 2.09. The van der Waals surface area contributed by atoms with E-state index in [1.54, 1.807) is 0 Å². The number of rotatable bonds is 45. The molecule has 0 radical (unpaired) electrons. The Labute approximate surface area is 422 Å². The van der Waals surface area contributed by atoms with Crippen LogP contribution in [-0.2, 0) is 28.6 Å². The molecule has 6 nitrogen and oxygen atoms in total. The Kier molecular flexibility index (Phi) is 51.2. The summed E-state index contributed by atoms with van der Waals surface area (Å²) in [6.45, 7) is 6.20. The first kappa shape index (κ1) is 63.8. The quantitative estimate of drug-likeness (QED) is 0.0262. The summed E-state index contributed by atoms with van der Waals surface area (Å²) >= 11 is 0. The number of esters is 3. The molecule has 0 aliphatic heterocycles. The Balaban J connectivity index is 4.70. The maximum Gasteiger partial charge on any atom is 0.306 e. The molecule has 0 saturated carbocycles. The van der Waals surface area contributed by atoms with E-state index < -0.39 is 18.0 Å². The van der Waals surface area contributed by atoms with Crippen molar-refractivity contribution in [1.29, 1.82) is 0 Å². The molecule has 0 aromatic heterocycles. The van der Waals surface area contributed by atoms with Crippen molar-refractivity contribution in [3.8, 4) is 0 Å². The molecule has 0 aliphatic rings. The summed E-state index contributed by atoms with van der Waals surface area (Å²) < 4.78 is 16.7. The topological polar surface area (TPSA) is 78.9 Å². The largest absolute Gasteiger partial charge is 0.462 e. The van der Waals surface area contributed by atoms with Crippen LogP contribution in [0.15, 0.2) is 170 Å². The molecule has 0 N–H and O–H groups in total. The zero-order valence-corrected chi connectivity index (χ0v) is 43.5. The van der Waals surface area contributed by atoms with Gasteiger partial charge in [0.05, 0.1) is 0 Å². The smallest absolute Gasteiger partial charge is 0.306 e. The Morgan fingerprint density at radius 1 is 0.304 bits per heavy atom. The second-order valence-electron chi connectivity index (χ2n) is 16.7. The van der Waals surface area contributed by atoms with E-state index in [2.05, 4.69) is 179 Å². The van der Waals surface area contributed by atoms with Gasteiger partial charge in [-0.15, -0.1) is 0 Å². The third-order valence-electron chi connectivity index (χ3n) is 10.2. The summed E-state index contributed by atoms with van der Waals surface area (Å²) in [7, 11) is 0. The minimum Gasteiger partial charge on any atom is -0.462 e. The Morgan fingerprint density at radius 3 is 0.957 bits per heavy atom. The molecule has 382 valence electrons. The predicted octanol–water partition coefficient (Wildman–Crippen LogP) is 18.0. The van der Waals surface area contributed by atoms with Gasteiger partial charge in [-0.3, -0.25) is 14.4 Å². The molecule has 0 aromatic carbocycles. The fourth-order valence-corrected chi connectivity index (χ4v) is 6.27. The zero-order valence-electron chi connectivity index (χ0n) is 43.5. The monoisotopic (exact) mass is 947 g/mol. The van der Waals surface area contributed by atoms with Crippen molar-refractivity contribution in [3.63, 3.8) is 0 Å². The Hall–Kier alpha value is -5.23. The second-order valence-corrected chi connectivity index (χ2v) is 16.7. The van der Waals surface area contributed by atoms with E-state index in [-0.39, 0.29) is 38.4 Å². The Morgan fingerprint density at radius 2 is 0.594 bits per heavy atom. The third-order valence-corrected chi connectivity index (χ3v) is 10.2. The molecule has 0 amide bonds. The molecule has 69 heavy (non-hydrogen) atoms. The fourth-order valence-electron chi connectivity index (χ4n) is 6.27. The molecule has 0 aromatic rings. The van der Waals surface area contributed by atoms with Gasteiger partial charge in [0, 0.05) is 19.3 Å². The number of allylic oxidation sites excluding steroid dienone is 28. The van der Waals surface area contributed by atoms with Gasteiger partial charge in [-0.2, -0.15) is 0 Å². The maximum absolute atomic E-state index is 12.8. The van der Waals surface area contributed by atoms with Gasteiger partial charge in [0.1, 0.15) is 13.2 Å². The Bertz CT molecular complexity index is 1650. The van der Waals surface area contributed by atoms with Crippen molar-refractivity contribution < 1.29 is 28.6 Å². The van der Waals surface area contributed by atoms with E-state index >= 15 is 0 Å². The van der Waals surface area contributed by atoms with Gasteiger partial charge in [-0.1, -0.05) is 204 Å². The number of carbonyl (C=O) groups excluding carboxylic acids is 3. The fraction of sp³-hybridized carbons (Fsp3) is 0.508. The first-order valence-electron chi connectivity index (χ1n) is 26.6. The van der Waals surface area contributed by atoms with Gasteiger partial charge in [-0.05, 0) is 135 Å². The van der Waals surface area contributed by atoms with Crippen LogP contribution in [0.2, 0.25) is 0 Å². The lowest BCUT2D eigenvalue weighted by Crippen LogP contribution is -2.30. The van der Waals surface area contributed by atoms with Gasteiger partial charge in [0.15, 0.2) is 6.10 Å². The van der Waals surface area contributed by atoms with Crippen LogP contribution in [0.4, 0.5) is 0 Å². The molecular weight excluding hydrogens is 853 g/mol. The zero-order chi connectivity index (χ0) is 50.0. The van der Waals surface area contributed by atoms with Gasteiger partial charge >= 0.3 is 17.9 Å². The van der Waals surface area contributed by atoms with E-state index in [0.717, 1.165) is 103 Å². The third kappa shape index (κ3) is 53.6. The average Bonchev–Trinajstić information content (AvgIpc) is 3.35. The molecule has 0 bridgehead atoms. The number of hydrogen-bond acceptors (Lipinski definition) is 6. The van der Waals surface area contributed by atoms with Crippen molar-refractivity contribution >= 4 is 17.9 Å². The summed E-state index contributed by atoms with van der Waals surface area (Å²) in [5.41, 5.74) is 0. The molecule has 0 fully saturated rings. The molecular formula is C63H94O6. The van der Waals surface area contributed by atoms with Crippen LogP contribution in [0.3, 0.4) is 0 Å². The molecule has 0 spiro atoms. The van der Waals surface area contributed by atoms with Crippen LogP contribution in [0.1, 0.15) is 188 Å². The van der Waals surface area contributed by atoms with E-state index in [9.17, 15) is 14.4 Å². The van der Waals surface area contributed by atoms with E-state index in [0.29, 0.717) is 19.3 Å². The van der Waals surface area contributed by atoms with Crippen molar-refractivity contribution in [2.24, 2.45) is 0 Å². The first-order chi connectivity index (χ1) is 34.0. The molecule has 0 heterocycles. The van der Waals surface area contributed by atoms with Crippen molar-refractivity contribution in [2.45, 2.75) is 194 Å². The van der Waals surface area contributed by atoms with E-state index in [4.69, 9.17) is 14.2 Å². The van der Waals surface area contributed by atoms with Crippen LogP contribution in [0.25, 0.3) is 0 Å². The minimum atomic E-state index is -0.863. The number of carbonyl (C=O) groups is 3. The lowest BCUT2D eigenvalue weighted by molar-refractivity contribution is -0.166. The summed E-state index contributed by atoms with van der Waals surface area (Å²) in [5.74, 6) is -1.15. The molecule has 0 unspecified atom stereocenters. The van der Waals surface area contributed by atoms with Crippen LogP contribution < -0.4 is 0 Å². The van der Waals surface area contributed by atoms with Gasteiger partial charge in [0.2, 0.25) is 0 Å². The highest BCUT2D eigenvalue weighted by molar-refractivity contribution is 5.71. The summed E-state index contributed by atoms with van der Waals surface area (Å²) in [6, 6.07) is 0. The van der Waals surface area contributed by atoms with Crippen LogP contribution in [0.5, 0.6) is 0 Å². The molecule has 1 atom stereocenters. The number of hydrogen-bond donors (Lipinski definition) is 0. The summed E-state index contributed by atoms with van der Waals surface area (Å²) in [4.78, 5) is 38.0. The number of unbranched alkanes of at least 4 members (excludes halogenated alkanes) is 6. The van der Waals surface area contributed by atoms with Crippen molar-refractivity contribution in [1.82, 2.24) is 0 Å². The van der Waals surface area contributed by atoms with E-state index in [1.165, 1.54) is 25.7 Å². The maximum atomic E-state index is 12.8. The highest BCUT2D eigenvalue weighted by atomic mass is 16.6.